The summed E-state index contributed by atoms with van der Waals surface area (Å²) in [6, 6.07) is 4.55. The van der Waals surface area contributed by atoms with Crippen LogP contribution >= 0.6 is 22.9 Å². The van der Waals surface area contributed by atoms with Crippen molar-refractivity contribution in [2.75, 3.05) is 6.61 Å². The summed E-state index contributed by atoms with van der Waals surface area (Å²) in [5, 5.41) is 12.6. The molecule has 0 radical (unpaired) electrons. The van der Waals surface area contributed by atoms with Gasteiger partial charge in [0, 0.05) is 12.3 Å². The fraction of sp³-hybridized carbons (Fsp3) is 0.250. The molecule has 154 valence electrons. The van der Waals surface area contributed by atoms with E-state index in [-0.39, 0.29) is 16.7 Å². The molecule has 0 amide bonds. The number of fused-ring (bicyclic) bond motifs is 1. The lowest BCUT2D eigenvalue weighted by Crippen LogP contribution is -2.35. The van der Waals surface area contributed by atoms with Crippen molar-refractivity contribution in [3.8, 4) is 5.88 Å². The van der Waals surface area contributed by atoms with Gasteiger partial charge < -0.3 is 9.84 Å². The van der Waals surface area contributed by atoms with Gasteiger partial charge in [-0.1, -0.05) is 17.7 Å². The molecule has 0 aliphatic rings. The summed E-state index contributed by atoms with van der Waals surface area (Å²) in [6.45, 7) is -2.08. The summed E-state index contributed by atoms with van der Waals surface area (Å²) in [7, 11) is 0. The zero-order valence-corrected chi connectivity index (χ0v) is 15.7. The van der Waals surface area contributed by atoms with Crippen LogP contribution in [0.3, 0.4) is 0 Å². The molecule has 0 unspecified atom stereocenters. The molecule has 3 aromatic heterocycles. The Morgan fingerprint density at radius 3 is 2.72 bits per heavy atom. The van der Waals surface area contributed by atoms with Crippen LogP contribution in [-0.2, 0) is 16.1 Å². The third-order valence-electron chi connectivity index (χ3n) is 3.76. The molecule has 0 saturated heterocycles. The molecule has 0 saturated carbocycles. The van der Waals surface area contributed by atoms with Gasteiger partial charge >= 0.3 is 24.1 Å². The molecule has 0 fully saturated rings. The van der Waals surface area contributed by atoms with Gasteiger partial charge in [0.05, 0.1) is 11.1 Å². The number of ether oxygens (including phenoxy) is 1. The van der Waals surface area contributed by atoms with Crippen molar-refractivity contribution in [1.29, 1.82) is 0 Å². The number of carbonyl (C=O) groups excluding carboxylic acids is 2. The summed E-state index contributed by atoms with van der Waals surface area (Å²) < 4.78 is 56.8. The van der Waals surface area contributed by atoms with Crippen LogP contribution < -0.4 is 9.51 Å². The normalized spacial score (nSPS) is 11.9. The molecular weight excluding hydrogens is 442 g/mol. The first-order chi connectivity index (χ1) is 13.6. The maximum absolute atomic E-state index is 13.0. The van der Waals surface area contributed by atoms with Gasteiger partial charge in [0.15, 0.2) is 11.1 Å². The Hall–Kier alpha value is -2.73. The number of alkyl halides is 4. The third-order valence-corrected chi connectivity index (χ3v) is 4.86. The van der Waals surface area contributed by atoms with Crippen LogP contribution in [0.25, 0.3) is 5.65 Å². The fourth-order valence-corrected chi connectivity index (χ4v) is 3.42. The number of carbonyl (C=O) groups is 2. The van der Waals surface area contributed by atoms with Gasteiger partial charge in [0.1, 0.15) is 12.4 Å². The summed E-state index contributed by atoms with van der Waals surface area (Å²) >= 11 is 6.83. The fourth-order valence-electron chi connectivity index (χ4n) is 2.45. The number of nitrogens with zero attached hydrogens (tertiary/aromatic N) is 3. The number of halogens is 5. The van der Waals surface area contributed by atoms with E-state index >= 15 is 0 Å². The predicted molar refractivity (Wildman–Crippen MR) is 89.5 cm³/mol. The molecule has 0 aliphatic heterocycles. The Balaban J connectivity index is 1.97. The van der Waals surface area contributed by atoms with Gasteiger partial charge in [0.25, 0.3) is 5.65 Å². The van der Waals surface area contributed by atoms with Gasteiger partial charge in [0.2, 0.25) is 5.69 Å². The Morgan fingerprint density at radius 2 is 2.10 bits per heavy atom. The molecule has 0 bridgehead atoms. The second-order valence-electron chi connectivity index (χ2n) is 5.72. The molecule has 0 aromatic carbocycles. The average Bonchev–Trinajstić information content (AvgIpc) is 3.21. The van der Waals surface area contributed by atoms with E-state index in [4.69, 9.17) is 11.6 Å². The van der Waals surface area contributed by atoms with Crippen LogP contribution in [0.1, 0.15) is 15.4 Å². The lowest BCUT2D eigenvalue weighted by molar-refractivity contribution is -0.582. The van der Waals surface area contributed by atoms with Crippen molar-refractivity contribution < 1.29 is 41.4 Å². The number of hydrogen-bond acceptors (Lipinski definition) is 6. The van der Waals surface area contributed by atoms with E-state index in [1.54, 1.807) is 6.07 Å². The van der Waals surface area contributed by atoms with Crippen molar-refractivity contribution in [3.05, 3.63) is 45.6 Å². The van der Waals surface area contributed by atoms with Crippen molar-refractivity contribution in [1.82, 2.24) is 9.55 Å². The van der Waals surface area contributed by atoms with Gasteiger partial charge in [-0.05, 0) is 6.07 Å². The summed E-state index contributed by atoms with van der Waals surface area (Å²) in [6.07, 6.45) is -1.35. The Labute approximate surface area is 168 Å². The molecule has 7 nitrogen and oxygen atoms in total. The Morgan fingerprint density at radius 1 is 1.38 bits per heavy atom. The van der Waals surface area contributed by atoms with E-state index in [1.807, 2.05) is 0 Å². The lowest BCUT2D eigenvalue weighted by atomic mass is 10.2. The summed E-state index contributed by atoms with van der Waals surface area (Å²) in [5.41, 5.74) is -0.456. The van der Waals surface area contributed by atoms with E-state index in [2.05, 4.69) is 9.72 Å². The van der Waals surface area contributed by atoms with Crippen LogP contribution in [0.15, 0.2) is 30.6 Å². The predicted octanol–water partition coefficient (Wildman–Crippen LogP) is 2.08. The maximum atomic E-state index is 13.0. The molecule has 3 rings (SSSR count). The van der Waals surface area contributed by atoms with Gasteiger partial charge in [-0.2, -0.15) is 8.78 Å². The smallest absolute Gasteiger partial charge is 0.383 e. The average molecular weight is 452 g/mol. The van der Waals surface area contributed by atoms with Crippen molar-refractivity contribution >= 4 is 40.3 Å². The highest BCUT2D eigenvalue weighted by molar-refractivity contribution is 7.15. The first kappa shape index (κ1) is 21.0. The van der Waals surface area contributed by atoms with Crippen LogP contribution in [0.2, 0.25) is 4.47 Å². The van der Waals surface area contributed by atoms with Gasteiger partial charge in [-0.15, -0.1) is 11.3 Å². The monoisotopic (exact) mass is 451 g/mol. The number of hydrogen-bond donors (Lipinski definition) is 0. The number of thiazole rings is 1. The van der Waals surface area contributed by atoms with Crippen LogP contribution in [0, 0.1) is 0 Å². The quantitative estimate of drug-likeness (QED) is 0.180. The van der Waals surface area contributed by atoms with Crippen LogP contribution in [0.4, 0.5) is 17.6 Å². The topological polar surface area (TPSA) is 88.4 Å². The minimum absolute atomic E-state index is 0.0817. The zero-order chi connectivity index (χ0) is 21.3. The van der Waals surface area contributed by atoms with E-state index in [1.165, 1.54) is 29.1 Å². The second-order valence-corrected chi connectivity index (χ2v) is 7.41. The first-order valence-corrected chi connectivity index (χ1v) is 8.99. The Kier molecular flexibility index (Phi) is 5.75. The summed E-state index contributed by atoms with van der Waals surface area (Å²) in [5.74, 6) is -8.93. The molecule has 3 aromatic rings. The molecule has 3 heterocycles. The maximum Gasteiger partial charge on any atom is 0.383 e. The van der Waals surface area contributed by atoms with Crippen LogP contribution in [-0.4, -0.2) is 40.3 Å². The minimum atomic E-state index is -4.63. The van der Waals surface area contributed by atoms with E-state index in [0.717, 1.165) is 15.7 Å². The number of ketones is 1. The molecule has 0 N–H and O–H groups in total. The number of rotatable bonds is 7. The van der Waals surface area contributed by atoms with Crippen molar-refractivity contribution in [2.24, 2.45) is 0 Å². The van der Waals surface area contributed by atoms with Gasteiger partial charge in [-0.25, -0.2) is 27.5 Å². The molecular formula is C16H10ClF4N3O4S. The largest absolute Gasteiger partial charge is 0.839 e. The molecule has 0 atom stereocenters. The van der Waals surface area contributed by atoms with E-state index < -0.39 is 42.3 Å². The molecule has 29 heavy (non-hydrogen) atoms. The van der Waals surface area contributed by atoms with E-state index in [0.29, 0.717) is 4.88 Å². The van der Waals surface area contributed by atoms with Crippen molar-refractivity contribution in [2.45, 2.75) is 18.9 Å². The highest BCUT2D eigenvalue weighted by atomic mass is 35.5. The number of esters is 1. The lowest BCUT2D eigenvalue weighted by Gasteiger charge is -2.14. The highest BCUT2D eigenvalue weighted by Crippen LogP contribution is 2.25. The number of Topliss-reactive ketones (excluding diaryl/α,β-unsaturated/α-hetero) is 1. The zero-order valence-electron chi connectivity index (χ0n) is 14.2. The molecule has 0 spiro atoms. The standard InChI is InChI=1S/C16H10ClF4N3O4S/c17-15-22-5-8(29-15)6-24-9-3-1-2-4-23(9)12(26)10(24)11(25)13(27)28-7-16(20,21)14(18)19/h1-5,14H,6-7H2. The molecule has 0 aliphatic carbocycles. The molecule has 13 heteroatoms. The second kappa shape index (κ2) is 7.95. The van der Waals surface area contributed by atoms with E-state index in [9.17, 15) is 32.3 Å². The number of aromatic nitrogens is 3. The third kappa shape index (κ3) is 4.17. The Bertz CT molecular complexity index is 1090. The first-order valence-electron chi connectivity index (χ1n) is 7.79. The summed E-state index contributed by atoms with van der Waals surface area (Å²) in [4.78, 5) is 28.7. The van der Waals surface area contributed by atoms with Crippen molar-refractivity contribution in [3.63, 3.8) is 0 Å². The minimum Gasteiger partial charge on any atom is -0.839 e. The highest BCUT2D eigenvalue weighted by Gasteiger charge is 2.43. The number of imidazole rings is 1. The number of pyridine rings is 1. The van der Waals surface area contributed by atoms with Gasteiger partial charge in [-0.3, -0.25) is 4.79 Å². The SMILES string of the molecule is O=C(OCC(F)(F)C(F)F)C(=O)c1c([O-])[n+]2ccccc2n1Cc1cnc(Cl)s1. The van der Waals surface area contributed by atoms with Crippen LogP contribution in [0.5, 0.6) is 5.88 Å².